The molecule has 0 aliphatic carbocycles. The Morgan fingerprint density at radius 1 is 1.44 bits per heavy atom. The first kappa shape index (κ1) is 14.7. The molecule has 0 aliphatic rings. The fourth-order valence-electron chi connectivity index (χ4n) is 1.17. The lowest BCUT2D eigenvalue weighted by molar-refractivity contribution is -0.137. The number of carboxylic acid groups (broad SMARTS) is 1. The summed E-state index contributed by atoms with van der Waals surface area (Å²) >= 11 is 0. The lowest BCUT2D eigenvalue weighted by Gasteiger charge is -2.13. The summed E-state index contributed by atoms with van der Waals surface area (Å²) in [5, 5.41) is 13.8. The molecule has 1 unspecified atom stereocenters. The standard InChI is InChI=1S/C10H20N2O4/c1-8(4-3-5-9(13)14)12-10(15)11-6-7-16-2/h8H,3-7H2,1-2H3,(H,13,14)(H2,11,12,15). The van der Waals surface area contributed by atoms with E-state index in [1.165, 1.54) is 0 Å². The number of ether oxygens (including phenoxy) is 1. The maximum atomic E-state index is 11.2. The average molecular weight is 232 g/mol. The van der Waals surface area contributed by atoms with E-state index in [0.29, 0.717) is 26.0 Å². The third-order valence-electron chi connectivity index (χ3n) is 2.00. The van der Waals surface area contributed by atoms with Crippen LogP contribution in [-0.2, 0) is 9.53 Å². The molecule has 0 saturated carbocycles. The molecule has 0 rings (SSSR count). The molecule has 0 aliphatic heterocycles. The Morgan fingerprint density at radius 2 is 2.12 bits per heavy atom. The summed E-state index contributed by atoms with van der Waals surface area (Å²) in [6.45, 7) is 2.78. The number of carbonyl (C=O) groups is 2. The van der Waals surface area contributed by atoms with Gasteiger partial charge in [0.15, 0.2) is 0 Å². The zero-order valence-corrected chi connectivity index (χ0v) is 9.78. The van der Waals surface area contributed by atoms with E-state index in [0.717, 1.165) is 0 Å². The van der Waals surface area contributed by atoms with Crippen molar-refractivity contribution < 1.29 is 19.4 Å². The molecule has 0 aromatic heterocycles. The van der Waals surface area contributed by atoms with Gasteiger partial charge in [0.25, 0.3) is 0 Å². The third kappa shape index (κ3) is 9.26. The molecule has 0 spiro atoms. The number of hydrogen-bond donors (Lipinski definition) is 3. The molecule has 0 fully saturated rings. The van der Waals surface area contributed by atoms with Crippen LogP contribution in [0.1, 0.15) is 26.2 Å². The predicted molar refractivity (Wildman–Crippen MR) is 59.4 cm³/mol. The Bertz CT molecular complexity index is 221. The van der Waals surface area contributed by atoms with Gasteiger partial charge < -0.3 is 20.5 Å². The second kappa shape index (κ2) is 8.96. The summed E-state index contributed by atoms with van der Waals surface area (Å²) in [4.78, 5) is 21.5. The van der Waals surface area contributed by atoms with Gasteiger partial charge in [0, 0.05) is 26.1 Å². The van der Waals surface area contributed by atoms with Gasteiger partial charge in [0.1, 0.15) is 0 Å². The van der Waals surface area contributed by atoms with Crippen molar-refractivity contribution in [2.45, 2.75) is 32.2 Å². The number of nitrogens with one attached hydrogen (secondary N) is 2. The van der Waals surface area contributed by atoms with Crippen LogP contribution in [-0.4, -0.2) is 43.4 Å². The van der Waals surface area contributed by atoms with Crippen molar-refractivity contribution in [1.82, 2.24) is 10.6 Å². The molecular formula is C10H20N2O4. The van der Waals surface area contributed by atoms with Gasteiger partial charge in [-0.05, 0) is 19.8 Å². The Morgan fingerprint density at radius 3 is 2.69 bits per heavy atom. The van der Waals surface area contributed by atoms with Gasteiger partial charge in [0.2, 0.25) is 0 Å². The Labute approximate surface area is 95.4 Å². The van der Waals surface area contributed by atoms with Crippen LogP contribution in [0.25, 0.3) is 0 Å². The lowest BCUT2D eigenvalue weighted by atomic mass is 10.1. The van der Waals surface area contributed by atoms with E-state index >= 15 is 0 Å². The zero-order valence-electron chi connectivity index (χ0n) is 9.78. The number of carbonyl (C=O) groups excluding carboxylic acids is 1. The van der Waals surface area contributed by atoms with E-state index < -0.39 is 5.97 Å². The lowest BCUT2D eigenvalue weighted by Crippen LogP contribution is -2.41. The number of methoxy groups -OCH3 is 1. The fraction of sp³-hybridized carbons (Fsp3) is 0.800. The van der Waals surface area contributed by atoms with Crippen molar-refractivity contribution in [2.24, 2.45) is 0 Å². The second-order valence-corrected chi connectivity index (χ2v) is 3.58. The molecule has 0 bridgehead atoms. The summed E-state index contributed by atoms with van der Waals surface area (Å²) in [6.07, 6.45) is 1.36. The molecule has 6 heteroatoms. The van der Waals surface area contributed by atoms with E-state index in [4.69, 9.17) is 9.84 Å². The molecule has 0 aromatic carbocycles. The molecule has 0 radical (unpaired) electrons. The van der Waals surface area contributed by atoms with Crippen molar-refractivity contribution in [3.8, 4) is 0 Å². The summed E-state index contributed by atoms with van der Waals surface area (Å²) in [6, 6.07) is -0.276. The highest BCUT2D eigenvalue weighted by molar-refractivity contribution is 5.74. The highest BCUT2D eigenvalue weighted by Crippen LogP contribution is 1.99. The van der Waals surface area contributed by atoms with Crippen LogP contribution in [0.15, 0.2) is 0 Å². The van der Waals surface area contributed by atoms with Crippen LogP contribution in [0.5, 0.6) is 0 Å². The molecule has 1 atom stereocenters. The minimum Gasteiger partial charge on any atom is -0.481 e. The Kier molecular flexibility index (Phi) is 8.24. The van der Waals surface area contributed by atoms with Crippen LogP contribution < -0.4 is 10.6 Å². The number of urea groups is 1. The van der Waals surface area contributed by atoms with Crippen molar-refractivity contribution in [2.75, 3.05) is 20.3 Å². The van der Waals surface area contributed by atoms with Gasteiger partial charge in [-0.1, -0.05) is 0 Å². The van der Waals surface area contributed by atoms with E-state index in [2.05, 4.69) is 10.6 Å². The summed E-state index contributed by atoms with van der Waals surface area (Å²) in [5.41, 5.74) is 0. The monoisotopic (exact) mass is 232 g/mol. The molecule has 16 heavy (non-hydrogen) atoms. The summed E-state index contributed by atoms with van der Waals surface area (Å²) in [7, 11) is 1.56. The van der Waals surface area contributed by atoms with Crippen molar-refractivity contribution in [3.05, 3.63) is 0 Å². The van der Waals surface area contributed by atoms with Crippen LogP contribution in [0, 0.1) is 0 Å². The molecule has 2 amide bonds. The number of carboxylic acids is 1. The van der Waals surface area contributed by atoms with Gasteiger partial charge in [-0.3, -0.25) is 4.79 Å². The number of rotatable bonds is 8. The largest absolute Gasteiger partial charge is 0.481 e. The van der Waals surface area contributed by atoms with Crippen molar-refractivity contribution in [3.63, 3.8) is 0 Å². The zero-order chi connectivity index (χ0) is 12.4. The molecule has 94 valence electrons. The molecule has 3 N–H and O–H groups in total. The first-order valence-electron chi connectivity index (χ1n) is 5.31. The number of aliphatic carboxylic acids is 1. The molecule has 6 nitrogen and oxygen atoms in total. The van der Waals surface area contributed by atoms with E-state index in [1.54, 1.807) is 7.11 Å². The maximum absolute atomic E-state index is 11.2. The van der Waals surface area contributed by atoms with Crippen LogP contribution in [0.4, 0.5) is 4.79 Å². The van der Waals surface area contributed by atoms with Crippen molar-refractivity contribution in [1.29, 1.82) is 0 Å². The Balaban J connectivity index is 3.50. The summed E-state index contributed by atoms with van der Waals surface area (Å²) < 4.78 is 4.78. The number of amides is 2. The van der Waals surface area contributed by atoms with Crippen LogP contribution in [0.3, 0.4) is 0 Å². The van der Waals surface area contributed by atoms with Crippen LogP contribution >= 0.6 is 0 Å². The smallest absolute Gasteiger partial charge is 0.315 e. The van der Waals surface area contributed by atoms with E-state index in [9.17, 15) is 9.59 Å². The molecule has 0 heterocycles. The minimum absolute atomic E-state index is 0.0260. The molecular weight excluding hydrogens is 212 g/mol. The third-order valence-corrected chi connectivity index (χ3v) is 2.00. The SMILES string of the molecule is COCCNC(=O)NC(C)CCCC(=O)O. The normalized spacial score (nSPS) is 11.9. The van der Waals surface area contributed by atoms with E-state index in [-0.39, 0.29) is 18.5 Å². The quantitative estimate of drug-likeness (QED) is 0.534. The van der Waals surface area contributed by atoms with Gasteiger partial charge in [-0.2, -0.15) is 0 Å². The molecule has 0 aromatic rings. The first-order valence-corrected chi connectivity index (χ1v) is 5.31. The van der Waals surface area contributed by atoms with Gasteiger partial charge in [-0.15, -0.1) is 0 Å². The van der Waals surface area contributed by atoms with Gasteiger partial charge in [-0.25, -0.2) is 4.79 Å². The minimum atomic E-state index is -0.809. The van der Waals surface area contributed by atoms with Gasteiger partial charge in [0.05, 0.1) is 6.61 Å². The maximum Gasteiger partial charge on any atom is 0.315 e. The van der Waals surface area contributed by atoms with Crippen LogP contribution in [0.2, 0.25) is 0 Å². The average Bonchev–Trinajstić information content (AvgIpc) is 2.17. The Hall–Kier alpha value is -1.30. The van der Waals surface area contributed by atoms with Crippen molar-refractivity contribution >= 4 is 12.0 Å². The topological polar surface area (TPSA) is 87.7 Å². The van der Waals surface area contributed by atoms with E-state index in [1.807, 2.05) is 6.92 Å². The fourth-order valence-corrected chi connectivity index (χ4v) is 1.17. The molecule has 0 saturated heterocycles. The number of hydrogen-bond acceptors (Lipinski definition) is 3. The first-order chi connectivity index (χ1) is 7.56. The summed E-state index contributed by atoms with van der Waals surface area (Å²) in [5.74, 6) is -0.809. The van der Waals surface area contributed by atoms with Gasteiger partial charge >= 0.3 is 12.0 Å². The highest BCUT2D eigenvalue weighted by atomic mass is 16.5. The predicted octanol–water partition coefficient (Wildman–Crippen LogP) is 0.575. The highest BCUT2D eigenvalue weighted by Gasteiger charge is 2.07. The second-order valence-electron chi connectivity index (χ2n) is 3.58.